The van der Waals surface area contributed by atoms with Gasteiger partial charge in [-0.15, -0.1) is 0 Å². The molecular formula is C20H22FN5O2. The van der Waals surface area contributed by atoms with E-state index in [1.54, 1.807) is 24.3 Å². The smallest absolute Gasteiger partial charge is 0.253 e. The predicted molar refractivity (Wildman–Crippen MR) is 102 cm³/mol. The van der Waals surface area contributed by atoms with Gasteiger partial charge in [0.2, 0.25) is 5.89 Å². The maximum absolute atomic E-state index is 13.0. The standard InChI is InChI=1S/C20H22FN5O2/c1-13(2)20-24-17(25-28-20)11-23-19(27)15-6-9-18(22-10-15)26(3)12-14-4-7-16(21)8-5-14/h4-10,13H,11-12H2,1-3H3,(H,23,27). The normalized spacial score (nSPS) is 10.9. The summed E-state index contributed by atoms with van der Waals surface area (Å²) in [6, 6.07) is 9.79. The monoisotopic (exact) mass is 383 g/mol. The topological polar surface area (TPSA) is 84.2 Å². The minimum atomic E-state index is -0.267. The average Bonchev–Trinajstić information content (AvgIpc) is 3.17. The fraction of sp³-hybridized carbons (Fsp3) is 0.300. The third-order valence-electron chi connectivity index (χ3n) is 4.12. The van der Waals surface area contributed by atoms with Crippen molar-refractivity contribution in [2.45, 2.75) is 32.9 Å². The molecule has 0 aliphatic heterocycles. The number of nitrogens with zero attached hydrogens (tertiary/aromatic N) is 4. The number of halogens is 1. The number of pyridine rings is 1. The number of rotatable bonds is 7. The van der Waals surface area contributed by atoms with Crippen LogP contribution in [0.5, 0.6) is 0 Å². The first-order chi connectivity index (χ1) is 13.4. The first-order valence-corrected chi connectivity index (χ1v) is 8.94. The molecule has 0 unspecified atom stereocenters. The fourth-order valence-electron chi connectivity index (χ4n) is 2.53. The molecule has 0 atom stereocenters. The second-order valence-corrected chi connectivity index (χ2v) is 6.77. The van der Waals surface area contributed by atoms with Crippen molar-refractivity contribution in [3.8, 4) is 0 Å². The van der Waals surface area contributed by atoms with Gasteiger partial charge in [-0.05, 0) is 29.8 Å². The van der Waals surface area contributed by atoms with Gasteiger partial charge in [-0.25, -0.2) is 9.37 Å². The lowest BCUT2D eigenvalue weighted by atomic mass is 10.2. The molecule has 2 heterocycles. The molecule has 0 bridgehead atoms. The van der Waals surface area contributed by atoms with Gasteiger partial charge in [-0.1, -0.05) is 31.1 Å². The second kappa shape index (κ2) is 8.60. The summed E-state index contributed by atoms with van der Waals surface area (Å²) in [5.41, 5.74) is 1.40. The Morgan fingerprint density at radius 3 is 2.57 bits per heavy atom. The number of aromatic nitrogens is 3. The SMILES string of the molecule is CC(C)c1nc(CNC(=O)c2ccc(N(C)Cc3ccc(F)cc3)nc2)no1. The number of carbonyl (C=O) groups is 1. The van der Waals surface area contributed by atoms with Gasteiger partial charge < -0.3 is 14.7 Å². The minimum Gasteiger partial charge on any atom is -0.355 e. The molecule has 3 aromatic rings. The molecule has 0 aliphatic carbocycles. The van der Waals surface area contributed by atoms with Crippen molar-refractivity contribution in [2.24, 2.45) is 0 Å². The van der Waals surface area contributed by atoms with Crippen molar-refractivity contribution >= 4 is 11.7 Å². The van der Waals surface area contributed by atoms with Crippen molar-refractivity contribution in [3.63, 3.8) is 0 Å². The van der Waals surface area contributed by atoms with Gasteiger partial charge in [-0.3, -0.25) is 4.79 Å². The number of carbonyl (C=O) groups excluding carboxylic acids is 1. The molecule has 2 aromatic heterocycles. The van der Waals surface area contributed by atoms with Crippen LogP contribution in [0.25, 0.3) is 0 Å². The van der Waals surface area contributed by atoms with Crippen molar-refractivity contribution in [1.82, 2.24) is 20.4 Å². The number of hydrogen-bond donors (Lipinski definition) is 1. The van der Waals surface area contributed by atoms with Crippen molar-refractivity contribution in [1.29, 1.82) is 0 Å². The molecule has 0 fully saturated rings. The van der Waals surface area contributed by atoms with E-state index < -0.39 is 0 Å². The van der Waals surface area contributed by atoms with Crippen LogP contribution in [-0.2, 0) is 13.1 Å². The zero-order chi connectivity index (χ0) is 20.1. The predicted octanol–water partition coefficient (Wildman–Crippen LogP) is 3.29. The molecule has 0 radical (unpaired) electrons. The van der Waals surface area contributed by atoms with E-state index in [9.17, 15) is 9.18 Å². The number of hydrogen-bond acceptors (Lipinski definition) is 6. The van der Waals surface area contributed by atoms with Crippen molar-refractivity contribution in [2.75, 3.05) is 11.9 Å². The van der Waals surface area contributed by atoms with Gasteiger partial charge >= 0.3 is 0 Å². The average molecular weight is 383 g/mol. The first-order valence-electron chi connectivity index (χ1n) is 8.94. The van der Waals surface area contributed by atoms with Crippen molar-refractivity contribution < 1.29 is 13.7 Å². The lowest BCUT2D eigenvalue weighted by Gasteiger charge is -2.18. The number of amides is 1. The van der Waals surface area contributed by atoms with Crippen LogP contribution in [0.4, 0.5) is 10.2 Å². The summed E-state index contributed by atoms with van der Waals surface area (Å²) in [5.74, 6) is 1.29. The van der Waals surface area contributed by atoms with Crippen LogP contribution in [0.1, 0.15) is 47.4 Å². The van der Waals surface area contributed by atoms with E-state index in [1.165, 1.54) is 18.3 Å². The van der Waals surface area contributed by atoms with Crippen LogP contribution in [0.2, 0.25) is 0 Å². The Morgan fingerprint density at radius 1 is 1.21 bits per heavy atom. The summed E-state index contributed by atoms with van der Waals surface area (Å²) < 4.78 is 18.1. The lowest BCUT2D eigenvalue weighted by Crippen LogP contribution is -2.24. The maximum atomic E-state index is 13.0. The molecule has 146 valence electrons. The highest BCUT2D eigenvalue weighted by molar-refractivity contribution is 5.93. The maximum Gasteiger partial charge on any atom is 0.253 e. The van der Waals surface area contributed by atoms with Crippen LogP contribution < -0.4 is 10.2 Å². The molecule has 3 rings (SSSR count). The van der Waals surface area contributed by atoms with Crippen LogP contribution in [0, 0.1) is 5.82 Å². The quantitative estimate of drug-likeness (QED) is 0.674. The van der Waals surface area contributed by atoms with E-state index in [0.29, 0.717) is 29.6 Å². The third-order valence-corrected chi connectivity index (χ3v) is 4.12. The molecule has 0 saturated carbocycles. The highest BCUT2D eigenvalue weighted by Crippen LogP contribution is 2.14. The summed E-state index contributed by atoms with van der Waals surface area (Å²) in [5, 5.41) is 6.59. The summed E-state index contributed by atoms with van der Waals surface area (Å²) in [6.45, 7) is 4.67. The van der Waals surface area contributed by atoms with Gasteiger partial charge in [0.05, 0.1) is 12.1 Å². The van der Waals surface area contributed by atoms with E-state index >= 15 is 0 Å². The minimum absolute atomic E-state index is 0.139. The fourth-order valence-corrected chi connectivity index (χ4v) is 2.53. The summed E-state index contributed by atoms with van der Waals surface area (Å²) in [6.07, 6.45) is 1.52. The van der Waals surface area contributed by atoms with E-state index in [0.717, 1.165) is 5.56 Å². The Bertz CT molecular complexity index is 923. The Kier molecular flexibility index (Phi) is 5.98. The van der Waals surface area contributed by atoms with Crippen molar-refractivity contribution in [3.05, 3.63) is 71.3 Å². The largest absolute Gasteiger partial charge is 0.355 e. The Labute approximate surface area is 162 Å². The Balaban J connectivity index is 1.56. The zero-order valence-electron chi connectivity index (χ0n) is 16.0. The lowest BCUT2D eigenvalue weighted by molar-refractivity contribution is 0.0949. The van der Waals surface area contributed by atoms with Gasteiger partial charge in [-0.2, -0.15) is 4.98 Å². The molecular weight excluding hydrogens is 361 g/mol. The molecule has 0 saturated heterocycles. The molecule has 1 N–H and O–H groups in total. The highest BCUT2D eigenvalue weighted by Gasteiger charge is 2.12. The first kappa shape index (κ1) is 19.5. The molecule has 1 amide bonds. The Hall–Kier alpha value is -3.29. The molecule has 8 heteroatoms. The van der Waals surface area contributed by atoms with Crippen LogP contribution in [0.3, 0.4) is 0 Å². The van der Waals surface area contributed by atoms with Crippen LogP contribution in [-0.4, -0.2) is 28.1 Å². The van der Waals surface area contributed by atoms with E-state index in [4.69, 9.17) is 4.52 Å². The molecule has 7 nitrogen and oxygen atoms in total. The van der Waals surface area contributed by atoms with Gasteiger partial charge in [0.1, 0.15) is 11.6 Å². The Morgan fingerprint density at radius 2 is 1.96 bits per heavy atom. The summed E-state index contributed by atoms with van der Waals surface area (Å²) >= 11 is 0. The molecule has 0 aliphatic rings. The van der Waals surface area contributed by atoms with E-state index in [1.807, 2.05) is 25.8 Å². The van der Waals surface area contributed by atoms with Crippen LogP contribution >= 0.6 is 0 Å². The van der Waals surface area contributed by atoms with Gasteiger partial charge in [0, 0.05) is 25.7 Å². The zero-order valence-corrected chi connectivity index (χ0v) is 16.0. The summed E-state index contributed by atoms with van der Waals surface area (Å²) in [7, 11) is 1.88. The van der Waals surface area contributed by atoms with Crippen LogP contribution in [0.15, 0.2) is 47.1 Å². The molecule has 1 aromatic carbocycles. The molecule has 0 spiro atoms. The highest BCUT2D eigenvalue weighted by atomic mass is 19.1. The third kappa shape index (κ3) is 4.91. The second-order valence-electron chi connectivity index (χ2n) is 6.77. The summed E-state index contributed by atoms with van der Waals surface area (Å²) in [4.78, 5) is 22.8. The van der Waals surface area contributed by atoms with Gasteiger partial charge in [0.15, 0.2) is 5.82 Å². The van der Waals surface area contributed by atoms with Gasteiger partial charge in [0.25, 0.3) is 5.91 Å². The number of benzene rings is 1. The van der Waals surface area contributed by atoms with E-state index in [2.05, 4.69) is 20.4 Å². The number of anilines is 1. The number of nitrogens with one attached hydrogen (secondary N) is 1. The van der Waals surface area contributed by atoms with E-state index in [-0.39, 0.29) is 24.2 Å². The molecule has 28 heavy (non-hydrogen) atoms.